The lowest BCUT2D eigenvalue weighted by Crippen LogP contribution is -1.96. The predicted molar refractivity (Wildman–Crippen MR) is 89.4 cm³/mol. The molecule has 0 atom stereocenters. The summed E-state index contributed by atoms with van der Waals surface area (Å²) in [5, 5.41) is 13.3. The number of benzene rings is 1. The number of hydrogen-bond donors (Lipinski definition) is 0. The molecule has 110 valence electrons. The second kappa shape index (κ2) is 5.87. The van der Waals surface area contributed by atoms with Crippen LogP contribution in [0.1, 0.15) is 5.56 Å². The minimum Gasteiger partial charge on any atom is -0.265 e. The summed E-state index contributed by atoms with van der Waals surface area (Å²) in [4.78, 5) is 15.0. The molecule has 0 aliphatic carbocycles. The Morgan fingerprint density at radius 2 is 1.91 bits per heavy atom. The zero-order chi connectivity index (χ0) is 15.7. The number of rotatable bonds is 3. The van der Waals surface area contributed by atoms with E-state index >= 15 is 0 Å². The molecule has 6 heteroatoms. The molecule has 3 aromatic rings. The number of pyridine rings is 1. The molecule has 3 rings (SSSR count). The van der Waals surface area contributed by atoms with Gasteiger partial charge in [-0.05, 0) is 53.4 Å². The monoisotopic (exact) mass is 330 g/mol. The van der Waals surface area contributed by atoms with Gasteiger partial charge in [-0.15, -0.1) is 11.3 Å². The molecule has 0 bridgehead atoms. The highest BCUT2D eigenvalue weighted by Crippen LogP contribution is 2.39. The van der Waals surface area contributed by atoms with Crippen molar-refractivity contribution in [2.45, 2.75) is 6.92 Å². The second-order valence-electron chi connectivity index (χ2n) is 4.76. The van der Waals surface area contributed by atoms with Crippen molar-refractivity contribution in [3.63, 3.8) is 0 Å². The summed E-state index contributed by atoms with van der Waals surface area (Å²) in [5.74, 6) is 0. The number of halogens is 1. The Hall–Kier alpha value is -2.24. The summed E-state index contributed by atoms with van der Waals surface area (Å²) in [6, 6.07) is 8.75. The van der Waals surface area contributed by atoms with E-state index in [1.165, 1.54) is 11.3 Å². The Labute approximate surface area is 136 Å². The number of nitro benzene ring substituents is 1. The maximum Gasteiger partial charge on any atom is 0.277 e. The van der Waals surface area contributed by atoms with Gasteiger partial charge in [0.1, 0.15) is 0 Å². The standard InChI is InChI=1S/C16H11ClN2O2S/c1-10-13(12-8-15(17)22-9-12)2-3-14(19(20)21)16(10)11-4-6-18-7-5-11/h2-9H,1H3. The Bertz CT molecular complexity index is 847. The van der Waals surface area contributed by atoms with Gasteiger partial charge in [-0.3, -0.25) is 15.1 Å². The minimum absolute atomic E-state index is 0.0915. The molecule has 0 N–H and O–H groups in total. The van der Waals surface area contributed by atoms with E-state index in [-0.39, 0.29) is 10.6 Å². The lowest BCUT2D eigenvalue weighted by atomic mass is 9.93. The van der Waals surface area contributed by atoms with Gasteiger partial charge in [0.2, 0.25) is 0 Å². The first kappa shape index (κ1) is 14.7. The largest absolute Gasteiger partial charge is 0.277 e. The molecule has 0 saturated heterocycles. The average molecular weight is 331 g/mol. The molecule has 0 fully saturated rings. The van der Waals surface area contributed by atoms with Gasteiger partial charge in [0.05, 0.1) is 14.8 Å². The van der Waals surface area contributed by atoms with E-state index in [4.69, 9.17) is 11.6 Å². The molecular weight excluding hydrogens is 320 g/mol. The van der Waals surface area contributed by atoms with Crippen molar-refractivity contribution in [1.29, 1.82) is 0 Å². The summed E-state index contributed by atoms with van der Waals surface area (Å²) >= 11 is 7.44. The van der Waals surface area contributed by atoms with E-state index in [1.807, 2.05) is 18.4 Å². The van der Waals surface area contributed by atoms with Crippen molar-refractivity contribution in [1.82, 2.24) is 4.98 Å². The molecule has 0 amide bonds. The third-order valence-corrected chi connectivity index (χ3v) is 4.58. The summed E-state index contributed by atoms with van der Waals surface area (Å²) in [6.45, 7) is 1.89. The van der Waals surface area contributed by atoms with Crippen LogP contribution < -0.4 is 0 Å². The van der Waals surface area contributed by atoms with Crippen LogP contribution in [0.15, 0.2) is 48.1 Å². The highest BCUT2D eigenvalue weighted by atomic mass is 35.5. The first-order valence-corrected chi connectivity index (χ1v) is 7.76. The summed E-state index contributed by atoms with van der Waals surface area (Å²) in [5.41, 5.74) is 4.26. The second-order valence-corrected chi connectivity index (χ2v) is 6.31. The van der Waals surface area contributed by atoms with Crippen molar-refractivity contribution in [2.75, 3.05) is 0 Å². The molecule has 22 heavy (non-hydrogen) atoms. The molecule has 0 aliphatic rings. The van der Waals surface area contributed by atoms with Crippen LogP contribution in [0.4, 0.5) is 5.69 Å². The van der Waals surface area contributed by atoms with Crippen LogP contribution in [0.25, 0.3) is 22.3 Å². The molecule has 0 aliphatic heterocycles. The van der Waals surface area contributed by atoms with Gasteiger partial charge in [-0.25, -0.2) is 0 Å². The SMILES string of the molecule is Cc1c(-c2csc(Cl)c2)ccc([N+](=O)[O-])c1-c1ccncc1. The smallest absolute Gasteiger partial charge is 0.265 e. The summed E-state index contributed by atoms with van der Waals surface area (Å²) in [7, 11) is 0. The zero-order valence-corrected chi connectivity index (χ0v) is 13.2. The normalized spacial score (nSPS) is 10.6. The third kappa shape index (κ3) is 2.61. The molecular formula is C16H11ClN2O2S. The van der Waals surface area contributed by atoms with E-state index < -0.39 is 0 Å². The van der Waals surface area contributed by atoms with Crippen LogP contribution in [-0.4, -0.2) is 9.91 Å². The molecule has 2 heterocycles. The van der Waals surface area contributed by atoms with Gasteiger partial charge < -0.3 is 0 Å². The number of aromatic nitrogens is 1. The van der Waals surface area contributed by atoms with E-state index in [0.29, 0.717) is 9.90 Å². The van der Waals surface area contributed by atoms with Crippen molar-refractivity contribution < 1.29 is 4.92 Å². The van der Waals surface area contributed by atoms with Gasteiger partial charge in [-0.1, -0.05) is 11.6 Å². The molecule has 0 saturated carbocycles. The van der Waals surface area contributed by atoms with Gasteiger partial charge in [0.25, 0.3) is 5.69 Å². The van der Waals surface area contributed by atoms with Crippen LogP contribution in [0.3, 0.4) is 0 Å². The first-order valence-electron chi connectivity index (χ1n) is 6.50. The van der Waals surface area contributed by atoms with Crippen LogP contribution in [0.5, 0.6) is 0 Å². The Morgan fingerprint density at radius 3 is 2.50 bits per heavy atom. The van der Waals surface area contributed by atoms with Crippen molar-refractivity contribution >= 4 is 28.6 Å². The third-order valence-electron chi connectivity index (χ3n) is 3.49. The number of nitrogens with zero attached hydrogens (tertiary/aromatic N) is 2. The number of hydrogen-bond acceptors (Lipinski definition) is 4. The fraction of sp³-hybridized carbons (Fsp3) is 0.0625. The topological polar surface area (TPSA) is 56.0 Å². The van der Waals surface area contributed by atoms with Crippen LogP contribution in [0, 0.1) is 17.0 Å². The van der Waals surface area contributed by atoms with E-state index in [0.717, 1.165) is 22.3 Å². The molecule has 4 nitrogen and oxygen atoms in total. The lowest BCUT2D eigenvalue weighted by molar-refractivity contribution is -0.384. The fourth-order valence-electron chi connectivity index (χ4n) is 2.50. The lowest BCUT2D eigenvalue weighted by Gasteiger charge is -2.11. The van der Waals surface area contributed by atoms with Gasteiger partial charge in [-0.2, -0.15) is 0 Å². The molecule has 2 aromatic heterocycles. The van der Waals surface area contributed by atoms with Crippen molar-refractivity contribution in [3.05, 3.63) is 68.1 Å². The van der Waals surface area contributed by atoms with Crippen LogP contribution in [-0.2, 0) is 0 Å². The van der Waals surface area contributed by atoms with E-state index in [9.17, 15) is 10.1 Å². The van der Waals surface area contributed by atoms with E-state index in [1.54, 1.807) is 36.7 Å². The zero-order valence-electron chi connectivity index (χ0n) is 11.6. The van der Waals surface area contributed by atoms with E-state index in [2.05, 4.69) is 4.98 Å². The van der Waals surface area contributed by atoms with Crippen LogP contribution in [0.2, 0.25) is 4.34 Å². The fourth-order valence-corrected chi connectivity index (χ4v) is 3.38. The molecule has 0 spiro atoms. The van der Waals surface area contributed by atoms with Crippen molar-refractivity contribution in [2.24, 2.45) is 0 Å². The minimum atomic E-state index is -0.354. The highest BCUT2D eigenvalue weighted by molar-refractivity contribution is 7.14. The Morgan fingerprint density at radius 1 is 1.18 bits per heavy atom. The highest BCUT2D eigenvalue weighted by Gasteiger charge is 2.20. The first-order chi connectivity index (χ1) is 10.6. The maximum absolute atomic E-state index is 11.4. The van der Waals surface area contributed by atoms with Crippen molar-refractivity contribution in [3.8, 4) is 22.3 Å². The molecule has 0 unspecified atom stereocenters. The van der Waals surface area contributed by atoms with Crippen LogP contribution >= 0.6 is 22.9 Å². The summed E-state index contributed by atoms with van der Waals surface area (Å²) in [6.07, 6.45) is 3.26. The van der Waals surface area contributed by atoms with Gasteiger partial charge in [0, 0.05) is 23.8 Å². The quantitative estimate of drug-likeness (QED) is 0.480. The predicted octanol–water partition coefficient (Wildman–Crippen LogP) is 5.35. The van der Waals surface area contributed by atoms with Gasteiger partial charge >= 0.3 is 0 Å². The summed E-state index contributed by atoms with van der Waals surface area (Å²) < 4.78 is 0.693. The van der Waals surface area contributed by atoms with Gasteiger partial charge in [0.15, 0.2) is 0 Å². The average Bonchev–Trinajstić information content (AvgIpc) is 2.94. The maximum atomic E-state index is 11.4. The molecule has 0 radical (unpaired) electrons. The number of nitro groups is 1. The Kier molecular flexibility index (Phi) is 3.92. The molecule has 1 aromatic carbocycles. The Balaban J connectivity index is 2.27. The number of thiophene rings is 1.